The molecule has 0 aromatic heterocycles. The molecule has 2 N–H and O–H groups in total. The van der Waals surface area contributed by atoms with Crippen LogP contribution >= 0.6 is 0 Å². The minimum Gasteiger partial charge on any atom is -0.497 e. The van der Waals surface area contributed by atoms with Gasteiger partial charge in [-0.1, -0.05) is 19.1 Å². The molecule has 0 aliphatic heterocycles. The van der Waals surface area contributed by atoms with Crippen LogP contribution in [0.1, 0.15) is 34.8 Å². The standard InChI is InChI=1S/C21H23N3O3/c1-3-12-23-21(26)19(13-15-6-10-18(27-2)11-7-15)24-20(25)17-8-4-16(14-22)5-9-17/h4-11,19H,3,12-13H2,1-2H3,(H,23,26)(H,24,25). The van der Waals surface area contributed by atoms with Crippen molar-refractivity contribution in [3.05, 3.63) is 65.2 Å². The first-order valence-electron chi connectivity index (χ1n) is 8.79. The SMILES string of the molecule is CCCNC(=O)C(Cc1ccc(OC)cc1)NC(=O)c1ccc(C#N)cc1. The van der Waals surface area contributed by atoms with Crippen molar-refractivity contribution >= 4 is 11.8 Å². The third-order valence-corrected chi connectivity index (χ3v) is 4.05. The number of carbonyl (C=O) groups is 2. The maximum atomic E-state index is 12.5. The van der Waals surface area contributed by atoms with Gasteiger partial charge in [-0.2, -0.15) is 5.26 Å². The van der Waals surface area contributed by atoms with Gasteiger partial charge in [0.1, 0.15) is 11.8 Å². The Morgan fingerprint density at radius 3 is 2.33 bits per heavy atom. The van der Waals surface area contributed by atoms with E-state index < -0.39 is 6.04 Å². The Morgan fingerprint density at radius 1 is 1.11 bits per heavy atom. The molecule has 2 rings (SSSR count). The number of methoxy groups -OCH3 is 1. The van der Waals surface area contributed by atoms with Gasteiger partial charge in [0.2, 0.25) is 5.91 Å². The van der Waals surface area contributed by atoms with Crippen molar-refractivity contribution in [3.8, 4) is 11.8 Å². The van der Waals surface area contributed by atoms with Crippen molar-refractivity contribution in [2.75, 3.05) is 13.7 Å². The summed E-state index contributed by atoms with van der Waals surface area (Å²) in [6.07, 6.45) is 1.17. The Morgan fingerprint density at radius 2 is 1.78 bits per heavy atom. The van der Waals surface area contributed by atoms with Crippen LogP contribution in [0.25, 0.3) is 0 Å². The Labute approximate surface area is 159 Å². The van der Waals surface area contributed by atoms with Crippen LogP contribution in [0.5, 0.6) is 5.75 Å². The highest BCUT2D eigenvalue weighted by Crippen LogP contribution is 2.13. The third-order valence-electron chi connectivity index (χ3n) is 4.05. The van der Waals surface area contributed by atoms with Gasteiger partial charge in [-0.05, 0) is 48.4 Å². The maximum absolute atomic E-state index is 12.5. The van der Waals surface area contributed by atoms with E-state index >= 15 is 0 Å². The molecule has 0 radical (unpaired) electrons. The van der Waals surface area contributed by atoms with Gasteiger partial charge in [0.25, 0.3) is 5.91 Å². The molecule has 6 heteroatoms. The molecular weight excluding hydrogens is 342 g/mol. The summed E-state index contributed by atoms with van der Waals surface area (Å²) >= 11 is 0. The lowest BCUT2D eigenvalue weighted by Gasteiger charge is -2.19. The molecule has 2 aromatic rings. The number of nitrogens with one attached hydrogen (secondary N) is 2. The molecule has 2 aromatic carbocycles. The van der Waals surface area contributed by atoms with Crippen LogP contribution in [0.4, 0.5) is 0 Å². The molecule has 0 bridgehead atoms. The first-order chi connectivity index (χ1) is 13.1. The summed E-state index contributed by atoms with van der Waals surface area (Å²) in [5.41, 5.74) is 1.78. The Hall–Kier alpha value is -3.33. The van der Waals surface area contributed by atoms with E-state index in [9.17, 15) is 9.59 Å². The zero-order chi connectivity index (χ0) is 19.6. The largest absolute Gasteiger partial charge is 0.497 e. The lowest BCUT2D eigenvalue weighted by atomic mass is 10.0. The van der Waals surface area contributed by atoms with Crippen molar-refractivity contribution in [3.63, 3.8) is 0 Å². The number of hydrogen-bond donors (Lipinski definition) is 2. The van der Waals surface area contributed by atoms with Crippen molar-refractivity contribution in [1.82, 2.24) is 10.6 Å². The van der Waals surface area contributed by atoms with E-state index in [0.29, 0.717) is 24.1 Å². The summed E-state index contributed by atoms with van der Waals surface area (Å²) in [4.78, 5) is 25.0. The Bertz CT molecular complexity index is 808. The molecule has 1 atom stereocenters. The van der Waals surface area contributed by atoms with Gasteiger partial charge in [-0.15, -0.1) is 0 Å². The summed E-state index contributed by atoms with van der Waals surface area (Å²) in [5.74, 6) is 0.145. The van der Waals surface area contributed by atoms with Crippen LogP contribution in [-0.4, -0.2) is 31.5 Å². The number of hydrogen-bond acceptors (Lipinski definition) is 4. The average Bonchev–Trinajstić information content (AvgIpc) is 2.72. The fraction of sp³-hybridized carbons (Fsp3) is 0.286. The van der Waals surface area contributed by atoms with E-state index in [4.69, 9.17) is 10.00 Å². The normalized spacial score (nSPS) is 11.1. The number of carbonyl (C=O) groups excluding carboxylic acids is 2. The molecule has 0 saturated carbocycles. The molecule has 140 valence electrons. The molecule has 0 aliphatic rings. The first kappa shape index (κ1) is 20.0. The minimum atomic E-state index is -0.701. The third kappa shape index (κ3) is 5.86. The van der Waals surface area contributed by atoms with Gasteiger partial charge in [0, 0.05) is 18.5 Å². The number of rotatable bonds is 8. The van der Waals surface area contributed by atoms with Gasteiger partial charge in [0.15, 0.2) is 0 Å². The van der Waals surface area contributed by atoms with Gasteiger partial charge in [0.05, 0.1) is 18.7 Å². The smallest absolute Gasteiger partial charge is 0.251 e. The zero-order valence-corrected chi connectivity index (χ0v) is 15.5. The molecule has 0 fully saturated rings. The topological polar surface area (TPSA) is 91.2 Å². The number of amides is 2. The molecule has 1 unspecified atom stereocenters. The fourth-order valence-corrected chi connectivity index (χ4v) is 2.52. The molecule has 0 heterocycles. The fourth-order valence-electron chi connectivity index (χ4n) is 2.52. The summed E-state index contributed by atoms with van der Waals surface area (Å²) in [6, 6.07) is 15.0. The number of nitrogens with zero attached hydrogens (tertiary/aromatic N) is 1. The molecule has 0 spiro atoms. The first-order valence-corrected chi connectivity index (χ1v) is 8.79. The summed E-state index contributed by atoms with van der Waals surface area (Å²) in [7, 11) is 1.59. The van der Waals surface area contributed by atoms with Crippen LogP contribution in [0.15, 0.2) is 48.5 Å². The molecule has 2 amide bonds. The second kappa shape index (κ2) is 9.97. The zero-order valence-electron chi connectivity index (χ0n) is 15.5. The van der Waals surface area contributed by atoms with E-state index in [1.165, 1.54) is 0 Å². The number of benzene rings is 2. The quantitative estimate of drug-likeness (QED) is 0.752. The predicted molar refractivity (Wildman–Crippen MR) is 102 cm³/mol. The second-order valence-electron chi connectivity index (χ2n) is 6.06. The monoisotopic (exact) mass is 365 g/mol. The van der Waals surface area contributed by atoms with Crippen molar-refractivity contribution in [1.29, 1.82) is 5.26 Å². The Balaban J connectivity index is 2.13. The van der Waals surface area contributed by atoms with Crippen molar-refractivity contribution < 1.29 is 14.3 Å². The van der Waals surface area contributed by atoms with Crippen LogP contribution < -0.4 is 15.4 Å². The van der Waals surface area contributed by atoms with E-state index in [0.717, 1.165) is 17.7 Å². The lowest BCUT2D eigenvalue weighted by Crippen LogP contribution is -2.48. The maximum Gasteiger partial charge on any atom is 0.251 e. The predicted octanol–water partition coefficient (Wildman–Crippen LogP) is 2.43. The molecule has 0 aliphatic carbocycles. The Kier molecular flexibility index (Phi) is 7.38. The highest BCUT2D eigenvalue weighted by molar-refractivity contribution is 5.97. The average molecular weight is 365 g/mol. The molecule has 6 nitrogen and oxygen atoms in total. The second-order valence-corrected chi connectivity index (χ2v) is 6.06. The highest BCUT2D eigenvalue weighted by atomic mass is 16.5. The van der Waals surface area contributed by atoms with E-state index in [2.05, 4.69) is 10.6 Å². The van der Waals surface area contributed by atoms with E-state index in [1.807, 2.05) is 37.3 Å². The van der Waals surface area contributed by atoms with Crippen molar-refractivity contribution in [2.24, 2.45) is 0 Å². The van der Waals surface area contributed by atoms with Gasteiger partial charge in [-0.3, -0.25) is 9.59 Å². The van der Waals surface area contributed by atoms with Crippen LogP contribution in [0, 0.1) is 11.3 Å². The van der Waals surface area contributed by atoms with E-state index in [-0.39, 0.29) is 11.8 Å². The van der Waals surface area contributed by atoms with Crippen LogP contribution in [0.2, 0.25) is 0 Å². The van der Waals surface area contributed by atoms with Gasteiger partial charge in [-0.25, -0.2) is 0 Å². The van der Waals surface area contributed by atoms with Gasteiger partial charge >= 0.3 is 0 Å². The highest BCUT2D eigenvalue weighted by Gasteiger charge is 2.21. The van der Waals surface area contributed by atoms with Crippen LogP contribution in [0.3, 0.4) is 0 Å². The van der Waals surface area contributed by atoms with Gasteiger partial charge < -0.3 is 15.4 Å². The molecule has 27 heavy (non-hydrogen) atoms. The summed E-state index contributed by atoms with van der Waals surface area (Å²) in [6.45, 7) is 2.51. The van der Waals surface area contributed by atoms with Crippen molar-refractivity contribution in [2.45, 2.75) is 25.8 Å². The molecule has 0 saturated heterocycles. The number of ether oxygens (including phenoxy) is 1. The summed E-state index contributed by atoms with van der Waals surface area (Å²) < 4.78 is 5.14. The van der Waals surface area contributed by atoms with E-state index in [1.54, 1.807) is 31.4 Å². The molecular formula is C21H23N3O3. The van der Waals surface area contributed by atoms with Crippen LogP contribution in [-0.2, 0) is 11.2 Å². The number of nitriles is 1. The summed E-state index contributed by atoms with van der Waals surface area (Å²) in [5, 5.41) is 14.5. The lowest BCUT2D eigenvalue weighted by molar-refractivity contribution is -0.122. The minimum absolute atomic E-state index is 0.227.